The van der Waals surface area contributed by atoms with Gasteiger partial charge in [-0.15, -0.1) is 0 Å². The topological polar surface area (TPSA) is 76.4 Å². The van der Waals surface area contributed by atoms with E-state index in [1.807, 2.05) is 54.8 Å². The van der Waals surface area contributed by atoms with Gasteiger partial charge in [-0.3, -0.25) is 4.79 Å². The predicted molar refractivity (Wildman–Crippen MR) is 106 cm³/mol. The molecular formula is C21H25N3O3. The fourth-order valence-corrected chi connectivity index (χ4v) is 2.83. The molecular weight excluding hydrogens is 342 g/mol. The highest BCUT2D eigenvalue weighted by Crippen LogP contribution is 2.24. The van der Waals surface area contributed by atoms with Crippen LogP contribution in [-0.2, 0) is 11.3 Å². The second kappa shape index (κ2) is 7.40. The molecule has 0 aliphatic carbocycles. The van der Waals surface area contributed by atoms with Gasteiger partial charge in [0.2, 0.25) is 0 Å². The molecule has 0 saturated heterocycles. The molecule has 2 N–H and O–H groups in total. The molecule has 0 unspecified atom stereocenters. The van der Waals surface area contributed by atoms with Crippen molar-refractivity contribution in [3.8, 4) is 5.75 Å². The van der Waals surface area contributed by atoms with Gasteiger partial charge in [0.05, 0.1) is 24.0 Å². The lowest BCUT2D eigenvalue weighted by atomic mass is 10.1. The number of rotatable bonds is 6. The van der Waals surface area contributed by atoms with Gasteiger partial charge in [0.25, 0.3) is 5.91 Å². The van der Waals surface area contributed by atoms with Crippen molar-refractivity contribution in [1.82, 2.24) is 9.55 Å². The van der Waals surface area contributed by atoms with Crippen LogP contribution < -0.4 is 10.1 Å². The SMILES string of the molecule is Cc1ccc(OC(C)(C)C(=O)Nc2ccc3c(c2)ncn3CCO)cc1C. The molecule has 1 heterocycles. The van der Waals surface area contributed by atoms with Gasteiger partial charge in [0.1, 0.15) is 5.75 Å². The molecule has 0 fully saturated rings. The molecule has 142 valence electrons. The maximum Gasteiger partial charge on any atom is 0.267 e. The minimum atomic E-state index is -1.03. The largest absolute Gasteiger partial charge is 0.478 e. The number of aliphatic hydroxyl groups is 1. The standard InChI is InChI=1S/C21H25N3O3/c1-14-5-7-17(11-15(14)2)27-21(3,4)20(26)23-16-6-8-19-18(12-16)22-13-24(19)9-10-25/h5-8,11-13,25H,9-10H2,1-4H3,(H,23,26). The molecule has 0 radical (unpaired) electrons. The van der Waals surface area contributed by atoms with Gasteiger partial charge in [-0.2, -0.15) is 0 Å². The predicted octanol–water partition coefficient (Wildman–Crippen LogP) is 3.44. The van der Waals surface area contributed by atoms with Crippen LogP contribution in [0.4, 0.5) is 5.69 Å². The molecule has 0 bridgehead atoms. The van der Waals surface area contributed by atoms with E-state index in [-0.39, 0.29) is 12.5 Å². The van der Waals surface area contributed by atoms with E-state index in [1.165, 1.54) is 5.56 Å². The van der Waals surface area contributed by atoms with Crippen molar-refractivity contribution in [3.05, 3.63) is 53.9 Å². The maximum absolute atomic E-state index is 12.7. The van der Waals surface area contributed by atoms with Crippen molar-refractivity contribution < 1.29 is 14.6 Å². The molecule has 6 nitrogen and oxygen atoms in total. The molecule has 2 aromatic carbocycles. The molecule has 0 aliphatic rings. The Morgan fingerprint density at radius 3 is 2.67 bits per heavy atom. The highest BCUT2D eigenvalue weighted by Gasteiger charge is 2.30. The van der Waals surface area contributed by atoms with Crippen LogP contribution in [0.25, 0.3) is 11.0 Å². The molecule has 0 saturated carbocycles. The number of fused-ring (bicyclic) bond motifs is 1. The summed E-state index contributed by atoms with van der Waals surface area (Å²) < 4.78 is 7.80. The van der Waals surface area contributed by atoms with Crippen LogP contribution in [0.15, 0.2) is 42.7 Å². The van der Waals surface area contributed by atoms with E-state index in [0.29, 0.717) is 18.0 Å². The number of hydrogen-bond acceptors (Lipinski definition) is 4. The Kier molecular flexibility index (Phi) is 5.19. The quantitative estimate of drug-likeness (QED) is 0.700. The van der Waals surface area contributed by atoms with Gasteiger partial charge in [-0.05, 0) is 69.2 Å². The number of carbonyl (C=O) groups excluding carboxylic acids is 1. The Hall–Kier alpha value is -2.86. The van der Waals surface area contributed by atoms with E-state index < -0.39 is 5.60 Å². The molecule has 3 rings (SSSR count). The molecule has 0 aliphatic heterocycles. The van der Waals surface area contributed by atoms with Crippen LogP contribution in [0.3, 0.4) is 0 Å². The summed E-state index contributed by atoms with van der Waals surface area (Å²) in [5.41, 5.74) is 3.58. The third kappa shape index (κ3) is 4.11. The summed E-state index contributed by atoms with van der Waals surface area (Å²) in [6, 6.07) is 11.3. The minimum absolute atomic E-state index is 0.0496. The van der Waals surface area contributed by atoms with Crippen molar-refractivity contribution in [2.45, 2.75) is 39.8 Å². The van der Waals surface area contributed by atoms with E-state index in [0.717, 1.165) is 16.6 Å². The lowest BCUT2D eigenvalue weighted by molar-refractivity contribution is -0.128. The number of benzene rings is 2. The summed E-state index contributed by atoms with van der Waals surface area (Å²) in [6.07, 6.45) is 1.68. The van der Waals surface area contributed by atoms with Crippen molar-refractivity contribution in [2.24, 2.45) is 0 Å². The number of amides is 1. The second-order valence-corrected chi connectivity index (χ2v) is 7.18. The number of aryl methyl sites for hydroxylation is 2. The Morgan fingerprint density at radius 1 is 1.19 bits per heavy atom. The number of ether oxygens (including phenoxy) is 1. The second-order valence-electron chi connectivity index (χ2n) is 7.18. The summed E-state index contributed by atoms with van der Waals surface area (Å²) >= 11 is 0. The summed E-state index contributed by atoms with van der Waals surface area (Å²) in [6.45, 7) is 8.07. The first-order valence-corrected chi connectivity index (χ1v) is 8.93. The third-order valence-electron chi connectivity index (χ3n) is 4.62. The molecule has 1 aromatic heterocycles. The fraction of sp³-hybridized carbons (Fsp3) is 0.333. The van der Waals surface area contributed by atoms with E-state index in [9.17, 15) is 4.79 Å². The number of hydrogen-bond donors (Lipinski definition) is 2. The fourth-order valence-electron chi connectivity index (χ4n) is 2.83. The maximum atomic E-state index is 12.7. The molecule has 0 atom stereocenters. The van der Waals surface area contributed by atoms with Crippen LogP contribution in [0.1, 0.15) is 25.0 Å². The zero-order chi connectivity index (χ0) is 19.6. The van der Waals surface area contributed by atoms with E-state index >= 15 is 0 Å². The van der Waals surface area contributed by atoms with E-state index in [1.54, 1.807) is 20.2 Å². The van der Waals surface area contributed by atoms with Crippen LogP contribution >= 0.6 is 0 Å². The number of anilines is 1. The summed E-state index contributed by atoms with van der Waals surface area (Å²) in [4.78, 5) is 17.1. The van der Waals surface area contributed by atoms with E-state index in [4.69, 9.17) is 9.84 Å². The summed E-state index contributed by atoms with van der Waals surface area (Å²) in [5, 5.41) is 12.0. The number of carbonyl (C=O) groups is 1. The Morgan fingerprint density at radius 2 is 1.96 bits per heavy atom. The number of nitrogens with one attached hydrogen (secondary N) is 1. The molecule has 3 aromatic rings. The number of aromatic nitrogens is 2. The number of nitrogens with zero attached hydrogens (tertiary/aromatic N) is 2. The molecule has 1 amide bonds. The molecule has 0 spiro atoms. The van der Waals surface area contributed by atoms with Gasteiger partial charge >= 0.3 is 0 Å². The van der Waals surface area contributed by atoms with Crippen LogP contribution in [0.2, 0.25) is 0 Å². The van der Waals surface area contributed by atoms with Gasteiger partial charge in [0, 0.05) is 12.2 Å². The van der Waals surface area contributed by atoms with Crippen molar-refractivity contribution >= 4 is 22.6 Å². The number of aliphatic hydroxyl groups excluding tert-OH is 1. The van der Waals surface area contributed by atoms with Crippen LogP contribution in [0, 0.1) is 13.8 Å². The van der Waals surface area contributed by atoms with Crippen molar-refractivity contribution in [1.29, 1.82) is 0 Å². The highest BCUT2D eigenvalue weighted by atomic mass is 16.5. The smallest absolute Gasteiger partial charge is 0.267 e. The van der Waals surface area contributed by atoms with E-state index in [2.05, 4.69) is 10.3 Å². The lowest BCUT2D eigenvalue weighted by Gasteiger charge is -2.25. The van der Waals surface area contributed by atoms with Crippen molar-refractivity contribution in [2.75, 3.05) is 11.9 Å². The van der Waals surface area contributed by atoms with Gasteiger partial charge < -0.3 is 19.7 Å². The zero-order valence-corrected chi connectivity index (χ0v) is 16.1. The minimum Gasteiger partial charge on any atom is -0.478 e. The summed E-state index contributed by atoms with van der Waals surface area (Å²) in [5.74, 6) is 0.423. The monoisotopic (exact) mass is 367 g/mol. The zero-order valence-electron chi connectivity index (χ0n) is 16.1. The molecule has 27 heavy (non-hydrogen) atoms. The average molecular weight is 367 g/mol. The lowest BCUT2D eigenvalue weighted by Crippen LogP contribution is -2.42. The first kappa shape index (κ1) is 18.9. The third-order valence-corrected chi connectivity index (χ3v) is 4.62. The van der Waals surface area contributed by atoms with Gasteiger partial charge in [-0.1, -0.05) is 6.07 Å². The Labute approximate surface area is 158 Å². The first-order chi connectivity index (χ1) is 12.8. The normalized spacial score (nSPS) is 11.6. The summed E-state index contributed by atoms with van der Waals surface area (Å²) in [7, 11) is 0. The van der Waals surface area contributed by atoms with Crippen molar-refractivity contribution in [3.63, 3.8) is 0 Å². The van der Waals surface area contributed by atoms with Gasteiger partial charge in [0.15, 0.2) is 5.60 Å². The average Bonchev–Trinajstić information content (AvgIpc) is 3.00. The van der Waals surface area contributed by atoms with Crippen LogP contribution in [-0.4, -0.2) is 32.8 Å². The molecule has 6 heteroatoms. The highest BCUT2D eigenvalue weighted by molar-refractivity contribution is 5.98. The van der Waals surface area contributed by atoms with Gasteiger partial charge in [-0.25, -0.2) is 4.98 Å². The first-order valence-electron chi connectivity index (χ1n) is 8.93. The Bertz CT molecular complexity index is 976. The Balaban J connectivity index is 1.74. The van der Waals surface area contributed by atoms with Crippen LogP contribution in [0.5, 0.6) is 5.75 Å². The number of imidazole rings is 1.